The molecule has 26 heavy (non-hydrogen) atoms. The minimum atomic E-state index is -1.18. The Bertz CT molecular complexity index is 738. The van der Waals surface area contributed by atoms with Crippen molar-refractivity contribution in [1.29, 1.82) is 0 Å². The molecule has 7 heteroatoms. The van der Waals surface area contributed by atoms with Crippen molar-refractivity contribution in [3.8, 4) is 0 Å². The number of halogens is 1. The van der Waals surface area contributed by atoms with Crippen molar-refractivity contribution in [2.24, 2.45) is 0 Å². The van der Waals surface area contributed by atoms with Crippen LogP contribution >= 0.6 is 15.9 Å². The lowest BCUT2D eigenvalue weighted by atomic mass is 9.92. The largest absolute Gasteiger partial charge is 0.338 e. The molecule has 0 aliphatic carbocycles. The summed E-state index contributed by atoms with van der Waals surface area (Å²) < 4.78 is 0.742. The first-order valence-corrected chi connectivity index (χ1v) is 9.86. The van der Waals surface area contributed by atoms with E-state index in [1.54, 1.807) is 13.0 Å². The molecule has 2 aliphatic heterocycles. The zero-order chi connectivity index (χ0) is 18.9. The van der Waals surface area contributed by atoms with Crippen molar-refractivity contribution in [2.75, 3.05) is 13.1 Å². The van der Waals surface area contributed by atoms with Crippen molar-refractivity contribution < 1.29 is 14.4 Å². The van der Waals surface area contributed by atoms with E-state index < -0.39 is 17.5 Å². The molecule has 2 heterocycles. The fourth-order valence-corrected chi connectivity index (χ4v) is 4.55. The molecule has 2 saturated heterocycles. The quantitative estimate of drug-likeness (QED) is 0.759. The van der Waals surface area contributed by atoms with Crippen LogP contribution in [0.3, 0.4) is 0 Å². The van der Waals surface area contributed by atoms with Crippen LogP contribution in [-0.4, -0.2) is 46.8 Å². The van der Waals surface area contributed by atoms with E-state index in [1.165, 1.54) is 0 Å². The molecule has 2 aliphatic rings. The maximum atomic E-state index is 13.0. The molecular weight excluding hydrogens is 398 g/mol. The van der Waals surface area contributed by atoms with Gasteiger partial charge >= 0.3 is 6.03 Å². The predicted molar refractivity (Wildman–Crippen MR) is 101 cm³/mol. The number of carbonyl (C=O) groups excluding carboxylic acids is 3. The molecule has 2 unspecified atom stereocenters. The van der Waals surface area contributed by atoms with Crippen molar-refractivity contribution in [3.63, 3.8) is 0 Å². The highest BCUT2D eigenvalue weighted by Crippen LogP contribution is 2.33. The van der Waals surface area contributed by atoms with Crippen LogP contribution in [0.15, 0.2) is 28.7 Å². The van der Waals surface area contributed by atoms with Crippen molar-refractivity contribution >= 4 is 33.8 Å². The number of hydrogen-bond acceptors (Lipinski definition) is 3. The van der Waals surface area contributed by atoms with E-state index >= 15 is 0 Å². The summed E-state index contributed by atoms with van der Waals surface area (Å²) in [4.78, 5) is 41.1. The van der Waals surface area contributed by atoms with Crippen LogP contribution in [0.2, 0.25) is 0 Å². The van der Waals surface area contributed by atoms with Crippen LogP contribution in [0, 0.1) is 0 Å². The van der Waals surface area contributed by atoms with Crippen molar-refractivity contribution in [3.05, 3.63) is 34.3 Å². The summed E-state index contributed by atoms with van der Waals surface area (Å²) in [6.07, 6.45) is 3.96. The van der Waals surface area contributed by atoms with Gasteiger partial charge in [-0.15, -0.1) is 0 Å². The third-order valence-electron chi connectivity index (χ3n) is 5.40. The summed E-state index contributed by atoms with van der Waals surface area (Å²) in [5.74, 6) is -0.552. The Morgan fingerprint density at radius 2 is 2.04 bits per heavy atom. The van der Waals surface area contributed by atoms with Gasteiger partial charge in [-0.2, -0.15) is 0 Å². The molecule has 2 fully saturated rings. The average Bonchev–Trinajstić information content (AvgIpc) is 2.85. The van der Waals surface area contributed by atoms with E-state index in [9.17, 15) is 14.4 Å². The Hall–Kier alpha value is -1.89. The Balaban J connectivity index is 1.79. The minimum absolute atomic E-state index is 0.156. The van der Waals surface area contributed by atoms with Gasteiger partial charge in [0.05, 0.1) is 0 Å². The monoisotopic (exact) mass is 421 g/mol. The molecule has 4 amide bonds. The Morgan fingerprint density at radius 3 is 2.73 bits per heavy atom. The Labute approximate surface area is 162 Å². The number of piperidine rings is 1. The van der Waals surface area contributed by atoms with Gasteiger partial charge in [0.25, 0.3) is 5.91 Å². The number of urea groups is 1. The van der Waals surface area contributed by atoms with Crippen molar-refractivity contribution in [1.82, 2.24) is 15.1 Å². The van der Waals surface area contributed by atoms with Gasteiger partial charge in [0.15, 0.2) is 0 Å². The van der Waals surface area contributed by atoms with Gasteiger partial charge in [0.2, 0.25) is 5.91 Å². The van der Waals surface area contributed by atoms with Gasteiger partial charge < -0.3 is 10.2 Å². The zero-order valence-electron chi connectivity index (χ0n) is 15.1. The highest BCUT2D eigenvalue weighted by atomic mass is 79.9. The van der Waals surface area contributed by atoms with E-state index in [0.717, 1.165) is 35.1 Å². The summed E-state index contributed by atoms with van der Waals surface area (Å²) in [6, 6.07) is 6.97. The number of amides is 4. The number of benzene rings is 1. The molecular formula is C19H24BrN3O3. The minimum Gasteiger partial charge on any atom is -0.338 e. The van der Waals surface area contributed by atoms with Gasteiger partial charge in [0, 0.05) is 22.6 Å². The highest BCUT2D eigenvalue weighted by molar-refractivity contribution is 9.10. The summed E-state index contributed by atoms with van der Waals surface area (Å²) in [6.45, 7) is 4.23. The third-order valence-corrected chi connectivity index (χ3v) is 6.09. The van der Waals surface area contributed by atoms with Crippen LogP contribution in [0.1, 0.15) is 45.1 Å². The van der Waals surface area contributed by atoms with Gasteiger partial charge in [0.1, 0.15) is 12.1 Å². The third kappa shape index (κ3) is 3.24. The Kier molecular flexibility index (Phi) is 5.37. The first kappa shape index (κ1) is 18.9. The lowest BCUT2D eigenvalue weighted by Gasteiger charge is -2.36. The van der Waals surface area contributed by atoms with Crippen LogP contribution < -0.4 is 5.32 Å². The number of likely N-dealkylation sites (tertiary alicyclic amines) is 1. The fourth-order valence-electron chi connectivity index (χ4n) is 3.87. The topological polar surface area (TPSA) is 69.7 Å². The van der Waals surface area contributed by atoms with Crippen molar-refractivity contribution in [2.45, 2.75) is 51.1 Å². The zero-order valence-corrected chi connectivity index (χ0v) is 16.7. The summed E-state index contributed by atoms with van der Waals surface area (Å²) in [7, 11) is 0. The molecule has 1 aromatic rings. The second-order valence-corrected chi connectivity index (χ2v) is 7.93. The number of rotatable bonds is 4. The second-order valence-electron chi connectivity index (χ2n) is 7.07. The van der Waals surface area contributed by atoms with Gasteiger partial charge in [-0.3, -0.25) is 14.5 Å². The molecule has 2 atom stereocenters. The lowest BCUT2D eigenvalue weighted by molar-refractivity contribution is -0.141. The smallest absolute Gasteiger partial charge is 0.325 e. The molecule has 6 nitrogen and oxygen atoms in total. The number of imide groups is 1. The van der Waals surface area contributed by atoms with Crippen LogP contribution in [-0.2, 0) is 15.1 Å². The molecule has 0 bridgehead atoms. The first-order chi connectivity index (χ1) is 12.4. The summed E-state index contributed by atoms with van der Waals surface area (Å²) >= 11 is 3.44. The number of hydrogen-bond donors (Lipinski definition) is 1. The summed E-state index contributed by atoms with van der Waals surface area (Å²) in [5.41, 5.74) is -0.499. The van der Waals surface area contributed by atoms with E-state index in [4.69, 9.17) is 0 Å². The molecule has 140 valence electrons. The van der Waals surface area contributed by atoms with Gasteiger partial charge in [-0.1, -0.05) is 41.1 Å². The molecule has 0 spiro atoms. The van der Waals surface area contributed by atoms with E-state index in [-0.39, 0.29) is 18.5 Å². The molecule has 0 radical (unpaired) electrons. The Morgan fingerprint density at radius 1 is 1.31 bits per heavy atom. The van der Waals surface area contributed by atoms with E-state index in [2.05, 4.69) is 28.2 Å². The molecule has 1 N–H and O–H groups in total. The van der Waals surface area contributed by atoms with Crippen LogP contribution in [0.4, 0.5) is 4.79 Å². The number of nitrogens with one attached hydrogen (secondary N) is 1. The van der Waals surface area contributed by atoms with Gasteiger partial charge in [-0.05, 0) is 38.7 Å². The normalized spacial score (nSPS) is 26.2. The maximum absolute atomic E-state index is 13.0. The molecule has 1 aromatic carbocycles. The first-order valence-electron chi connectivity index (χ1n) is 9.07. The lowest BCUT2D eigenvalue weighted by Crippen LogP contribution is -2.49. The SMILES string of the molecule is CCC1CCCCN1C(=O)CN1C(=O)NC(C)(c2ccccc2Br)C1=O. The standard InChI is InChI=1S/C19H24BrN3O3/c1-3-13-8-6-7-11-22(13)16(24)12-23-17(25)19(2,21-18(23)26)14-9-4-5-10-15(14)20/h4-5,9-10,13H,3,6-8,11-12H2,1-2H3,(H,21,26). The summed E-state index contributed by atoms with van der Waals surface area (Å²) in [5, 5.41) is 2.76. The number of nitrogens with zero attached hydrogens (tertiary/aromatic N) is 2. The van der Waals surface area contributed by atoms with E-state index in [1.807, 2.05) is 23.1 Å². The van der Waals surface area contributed by atoms with Crippen LogP contribution in [0.5, 0.6) is 0 Å². The number of carbonyl (C=O) groups is 3. The van der Waals surface area contributed by atoms with Gasteiger partial charge in [-0.25, -0.2) is 4.79 Å². The fraction of sp³-hybridized carbons (Fsp3) is 0.526. The average molecular weight is 422 g/mol. The second kappa shape index (κ2) is 7.39. The highest BCUT2D eigenvalue weighted by Gasteiger charge is 2.50. The molecule has 0 saturated carbocycles. The molecule has 0 aromatic heterocycles. The van der Waals surface area contributed by atoms with E-state index in [0.29, 0.717) is 12.1 Å². The molecule has 3 rings (SSSR count). The van der Waals surface area contributed by atoms with Crippen LogP contribution in [0.25, 0.3) is 0 Å². The maximum Gasteiger partial charge on any atom is 0.325 e. The predicted octanol–water partition coefficient (Wildman–Crippen LogP) is 3.01.